The lowest BCUT2D eigenvalue weighted by Crippen LogP contribution is -2.15. The summed E-state index contributed by atoms with van der Waals surface area (Å²) in [6, 6.07) is 6.26. The van der Waals surface area contributed by atoms with E-state index >= 15 is 0 Å². The number of likely N-dealkylation sites (N-methyl/N-ethyl adjacent to an activating group) is 1. The zero-order chi connectivity index (χ0) is 9.68. The van der Waals surface area contributed by atoms with Crippen LogP contribution in [0.15, 0.2) is 18.2 Å². The summed E-state index contributed by atoms with van der Waals surface area (Å²) in [5.74, 6) is 0.966. The SMILES string of the molecule is CNCCOc1cc(C)cc(C)c1. The van der Waals surface area contributed by atoms with E-state index in [-0.39, 0.29) is 0 Å². The van der Waals surface area contributed by atoms with Gasteiger partial charge >= 0.3 is 0 Å². The largest absolute Gasteiger partial charge is 0.492 e. The topological polar surface area (TPSA) is 21.3 Å². The Balaban J connectivity index is 2.56. The monoisotopic (exact) mass is 179 g/mol. The Morgan fingerprint density at radius 2 is 1.77 bits per heavy atom. The minimum Gasteiger partial charge on any atom is -0.492 e. The molecule has 0 bridgehead atoms. The highest BCUT2D eigenvalue weighted by Gasteiger charge is 1.95. The normalized spacial score (nSPS) is 10.1. The minimum atomic E-state index is 0.722. The maximum atomic E-state index is 5.55. The maximum Gasteiger partial charge on any atom is 0.119 e. The average molecular weight is 179 g/mol. The summed E-state index contributed by atoms with van der Waals surface area (Å²) in [7, 11) is 1.92. The van der Waals surface area contributed by atoms with Crippen LogP contribution in [0.25, 0.3) is 0 Å². The molecule has 0 aliphatic heterocycles. The van der Waals surface area contributed by atoms with Crippen molar-refractivity contribution in [2.24, 2.45) is 0 Å². The van der Waals surface area contributed by atoms with E-state index < -0.39 is 0 Å². The van der Waals surface area contributed by atoms with Gasteiger partial charge in [-0.1, -0.05) is 6.07 Å². The van der Waals surface area contributed by atoms with E-state index in [0.717, 1.165) is 18.9 Å². The second-order valence-electron chi connectivity index (χ2n) is 3.28. The Bertz CT molecular complexity index is 251. The van der Waals surface area contributed by atoms with Gasteiger partial charge in [0, 0.05) is 6.54 Å². The van der Waals surface area contributed by atoms with Crippen molar-refractivity contribution in [3.8, 4) is 5.75 Å². The molecule has 1 aromatic rings. The minimum absolute atomic E-state index is 0.722. The molecule has 1 aromatic carbocycles. The molecular formula is C11H17NO. The van der Waals surface area contributed by atoms with E-state index in [1.807, 2.05) is 7.05 Å². The Morgan fingerprint density at radius 3 is 2.31 bits per heavy atom. The van der Waals surface area contributed by atoms with Gasteiger partial charge in [-0.2, -0.15) is 0 Å². The number of benzene rings is 1. The summed E-state index contributed by atoms with van der Waals surface area (Å²) in [5.41, 5.74) is 2.50. The molecule has 0 saturated heterocycles. The molecule has 1 rings (SSSR count). The summed E-state index contributed by atoms with van der Waals surface area (Å²) in [4.78, 5) is 0. The van der Waals surface area contributed by atoms with Crippen molar-refractivity contribution >= 4 is 0 Å². The summed E-state index contributed by atoms with van der Waals surface area (Å²) in [6.45, 7) is 5.77. The van der Waals surface area contributed by atoms with Gasteiger partial charge in [-0.25, -0.2) is 0 Å². The van der Waals surface area contributed by atoms with Gasteiger partial charge in [-0.3, -0.25) is 0 Å². The average Bonchev–Trinajstić information content (AvgIpc) is 2.03. The van der Waals surface area contributed by atoms with Gasteiger partial charge in [-0.15, -0.1) is 0 Å². The number of hydrogen-bond donors (Lipinski definition) is 1. The quantitative estimate of drug-likeness (QED) is 0.713. The lowest BCUT2D eigenvalue weighted by atomic mass is 10.1. The van der Waals surface area contributed by atoms with Crippen LogP contribution >= 0.6 is 0 Å². The molecule has 0 amide bonds. The molecule has 2 nitrogen and oxygen atoms in total. The smallest absolute Gasteiger partial charge is 0.119 e. The third kappa shape index (κ3) is 3.47. The highest BCUT2D eigenvalue weighted by Crippen LogP contribution is 2.15. The predicted molar refractivity (Wildman–Crippen MR) is 55.3 cm³/mol. The maximum absolute atomic E-state index is 5.55. The first-order valence-electron chi connectivity index (χ1n) is 4.58. The molecule has 0 heterocycles. The first-order chi connectivity index (χ1) is 6.22. The lowest BCUT2D eigenvalue weighted by molar-refractivity contribution is 0.318. The van der Waals surface area contributed by atoms with Gasteiger partial charge in [0.15, 0.2) is 0 Å². The molecule has 0 atom stereocenters. The summed E-state index contributed by atoms with van der Waals surface area (Å²) < 4.78 is 5.55. The van der Waals surface area contributed by atoms with Crippen LogP contribution in [-0.4, -0.2) is 20.2 Å². The van der Waals surface area contributed by atoms with Crippen LogP contribution in [0.3, 0.4) is 0 Å². The molecule has 0 unspecified atom stereocenters. The van der Waals surface area contributed by atoms with Gasteiger partial charge in [0.1, 0.15) is 12.4 Å². The van der Waals surface area contributed by atoms with Gasteiger partial charge < -0.3 is 10.1 Å². The number of rotatable bonds is 4. The lowest BCUT2D eigenvalue weighted by Gasteiger charge is -2.07. The first kappa shape index (κ1) is 10.1. The van der Waals surface area contributed by atoms with Crippen LogP contribution in [0.4, 0.5) is 0 Å². The molecule has 13 heavy (non-hydrogen) atoms. The van der Waals surface area contributed by atoms with Crippen LogP contribution in [0, 0.1) is 13.8 Å². The zero-order valence-corrected chi connectivity index (χ0v) is 8.55. The van der Waals surface area contributed by atoms with Crippen LogP contribution in [0.5, 0.6) is 5.75 Å². The number of hydrogen-bond acceptors (Lipinski definition) is 2. The fraction of sp³-hybridized carbons (Fsp3) is 0.455. The van der Waals surface area contributed by atoms with Gasteiger partial charge in [-0.05, 0) is 44.2 Å². The molecule has 72 valence electrons. The van der Waals surface area contributed by atoms with Crippen molar-refractivity contribution in [2.45, 2.75) is 13.8 Å². The van der Waals surface area contributed by atoms with Crippen molar-refractivity contribution in [3.05, 3.63) is 29.3 Å². The summed E-state index contributed by atoms with van der Waals surface area (Å²) >= 11 is 0. The molecule has 0 spiro atoms. The number of aryl methyl sites for hydroxylation is 2. The van der Waals surface area contributed by atoms with Gasteiger partial charge in [0.25, 0.3) is 0 Å². The Hall–Kier alpha value is -1.02. The van der Waals surface area contributed by atoms with Crippen molar-refractivity contribution in [3.63, 3.8) is 0 Å². The molecule has 0 aliphatic rings. The van der Waals surface area contributed by atoms with Crippen LogP contribution in [0.2, 0.25) is 0 Å². The van der Waals surface area contributed by atoms with Gasteiger partial charge in [0.05, 0.1) is 0 Å². The fourth-order valence-corrected chi connectivity index (χ4v) is 1.29. The van der Waals surface area contributed by atoms with E-state index in [1.54, 1.807) is 0 Å². The van der Waals surface area contributed by atoms with E-state index in [0.29, 0.717) is 0 Å². The second kappa shape index (κ2) is 4.87. The molecule has 0 aliphatic carbocycles. The molecule has 2 heteroatoms. The van der Waals surface area contributed by atoms with Crippen molar-refractivity contribution < 1.29 is 4.74 Å². The number of ether oxygens (including phenoxy) is 1. The Labute approximate surface area is 79.9 Å². The summed E-state index contributed by atoms with van der Waals surface area (Å²) in [6.07, 6.45) is 0. The highest BCUT2D eigenvalue weighted by molar-refractivity contribution is 5.32. The van der Waals surface area contributed by atoms with Crippen LogP contribution < -0.4 is 10.1 Å². The Morgan fingerprint density at radius 1 is 1.15 bits per heavy atom. The van der Waals surface area contributed by atoms with Crippen LogP contribution in [0.1, 0.15) is 11.1 Å². The van der Waals surface area contributed by atoms with Crippen LogP contribution in [-0.2, 0) is 0 Å². The second-order valence-corrected chi connectivity index (χ2v) is 3.28. The van der Waals surface area contributed by atoms with Gasteiger partial charge in [0.2, 0.25) is 0 Å². The molecule has 0 fully saturated rings. The third-order valence-electron chi connectivity index (χ3n) is 1.82. The molecule has 1 N–H and O–H groups in total. The molecule has 0 aromatic heterocycles. The fourth-order valence-electron chi connectivity index (χ4n) is 1.29. The zero-order valence-electron chi connectivity index (χ0n) is 8.55. The third-order valence-corrected chi connectivity index (χ3v) is 1.82. The van der Waals surface area contributed by atoms with E-state index in [4.69, 9.17) is 4.74 Å². The van der Waals surface area contributed by atoms with Crippen molar-refractivity contribution in [1.82, 2.24) is 5.32 Å². The van der Waals surface area contributed by atoms with E-state index in [1.165, 1.54) is 11.1 Å². The molecule has 0 saturated carbocycles. The molecular weight excluding hydrogens is 162 g/mol. The standard InChI is InChI=1S/C11H17NO/c1-9-6-10(2)8-11(7-9)13-5-4-12-3/h6-8,12H,4-5H2,1-3H3. The summed E-state index contributed by atoms with van der Waals surface area (Å²) in [5, 5.41) is 3.04. The molecule has 0 radical (unpaired) electrons. The predicted octanol–water partition coefficient (Wildman–Crippen LogP) is 1.90. The first-order valence-corrected chi connectivity index (χ1v) is 4.58. The number of nitrogens with one attached hydrogen (secondary N) is 1. The Kier molecular flexibility index (Phi) is 3.77. The van der Waals surface area contributed by atoms with E-state index in [9.17, 15) is 0 Å². The van der Waals surface area contributed by atoms with E-state index in [2.05, 4.69) is 37.4 Å². The highest BCUT2D eigenvalue weighted by atomic mass is 16.5. The van der Waals surface area contributed by atoms with Crippen molar-refractivity contribution in [2.75, 3.05) is 20.2 Å². The van der Waals surface area contributed by atoms with Crippen molar-refractivity contribution in [1.29, 1.82) is 0 Å².